The Morgan fingerprint density at radius 1 is 1.27 bits per heavy atom. The first-order chi connectivity index (χ1) is 12.8. The molecule has 1 aromatic heterocycles. The number of aromatic nitrogens is 2. The number of hydrogen-bond donors (Lipinski definition) is 1. The summed E-state index contributed by atoms with van der Waals surface area (Å²) in [5, 5.41) is 3.06. The van der Waals surface area contributed by atoms with Gasteiger partial charge in [-0.3, -0.25) is 4.79 Å². The Bertz CT molecular complexity index is 666. The molecule has 26 heavy (non-hydrogen) atoms. The second-order valence-electron chi connectivity index (χ2n) is 7.14. The van der Waals surface area contributed by atoms with E-state index in [4.69, 9.17) is 0 Å². The standard InChI is InChI=1S/C21H30N4O/c1-2-20-6-3-4-13-25(20)14-5-11-23-21(26)19-9-7-18(8-10-19)16-24-15-12-22-17-24/h7-10,12,15,17,20H,2-6,11,13-14,16H2,1H3,(H,23,26)/t20-/m1/s1. The third kappa shape index (κ3) is 5.18. The number of amides is 1. The average Bonchev–Trinajstić information content (AvgIpc) is 3.19. The molecule has 5 nitrogen and oxygen atoms in total. The van der Waals surface area contributed by atoms with Crippen LogP contribution in [0.1, 0.15) is 54.9 Å². The minimum absolute atomic E-state index is 0.0184. The summed E-state index contributed by atoms with van der Waals surface area (Å²) >= 11 is 0. The van der Waals surface area contributed by atoms with Crippen LogP contribution in [0.2, 0.25) is 0 Å². The number of benzene rings is 1. The number of piperidine rings is 1. The maximum Gasteiger partial charge on any atom is 0.251 e. The van der Waals surface area contributed by atoms with E-state index in [0.29, 0.717) is 0 Å². The Kier molecular flexibility index (Phi) is 6.83. The predicted molar refractivity (Wildman–Crippen MR) is 104 cm³/mol. The van der Waals surface area contributed by atoms with Crippen LogP contribution < -0.4 is 5.32 Å². The summed E-state index contributed by atoms with van der Waals surface area (Å²) in [4.78, 5) is 18.9. The van der Waals surface area contributed by atoms with Crippen molar-refractivity contribution in [2.45, 2.75) is 51.6 Å². The highest BCUT2D eigenvalue weighted by molar-refractivity contribution is 5.94. The highest BCUT2D eigenvalue weighted by Crippen LogP contribution is 2.19. The largest absolute Gasteiger partial charge is 0.352 e. The zero-order valence-electron chi connectivity index (χ0n) is 15.7. The third-order valence-corrected chi connectivity index (χ3v) is 5.27. The molecular weight excluding hydrogens is 324 g/mol. The minimum atomic E-state index is 0.0184. The molecular formula is C21H30N4O. The Morgan fingerprint density at radius 2 is 2.12 bits per heavy atom. The van der Waals surface area contributed by atoms with Gasteiger partial charge in [0.05, 0.1) is 6.33 Å². The van der Waals surface area contributed by atoms with Gasteiger partial charge in [-0.1, -0.05) is 25.5 Å². The fourth-order valence-corrected chi connectivity index (χ4v) is 3.76. The smallest absolute Gasteiger partial charge is 0.251 e. The van der Waals surface area contributed by atoms with Crippen molar-refractivity contribution >= 4 is 5.91 Å². The normalized spacial score (nSPS) is 18.0. The van der Waals surface area contributed by atoms with Gasteiger partial charge in [0.15, 0.2) is 0 Å². The number of rotatable bonds is 8. The maximum absolute atomic E-state index is 12.3. The Balaban J connectivity index is 1.40. The average molecular weight is 354 g/mol. The van der Waals surface area contributed by atoms with Gasteiger partial charge in [0.25, 0.3) is 5.91 Å². The van der Waals surface area contributed by atoms with E-state index in [-0.39, 0.29) is 5.91 Å². The van der Waals surface area contributed by atoms with E-state index in [9.17, 15) is 4.79 Å². The van der Waals surface area contributed by atoms with E-state index in [1.54, 1.807) is 12.5 Å². The SMILES string of the molecule is CC[C@@H]1CCCCN1CCCNC(=O)c1ccc(Cn2ccnc2)cc1. The number of carbonyl (C=O) groups excluding carboxylic acids is 1. The number of nitrogens with one attached hydrogen (secondary N) is 1. The zero-order chi connectivity index (χ0) is 18.2. The van der Waals surface area contributed by atoms with Crippen LogP contribution in [0.25, 0.3) is 0 Å². The van der Waals surface area contributed by atoms with Crippen LogP contribution in [0.15, 0.2) is 43.0 Å². The minimum Gasteiger partial charge on any atom is -0.352 e. The Hall–Kier alpha value is -2.14. The summed E-state index contributed by atoms with van der Waals surface area (Å²) in [6.07, 6.45) is 11.8. The van der Waals surface area contributed by atoms with Crippen LogP contribution in [-0.2, 0) is 6.54 Å². The van der Waals surface area contributed by atoms with Gasteiger partial charge >= 0.3 is 0 Å². The highest BCUT2D eigenvalue weighted by atomic mass is 16.1. The number of imidazole rings is 1. The first-order valence-electron chi connectivity index (χ1n) is 9.83. The van der Waals surface area contributed by atoms with E-state index < -0.39 is 0 Å². The van der Waals surface area contributed by atoms with Crippen LogP contribution in [0.4, 0.5) is 0 Å². The van der Waals surface area contributed by atoms with Crippen molar-refractivity contribution in [1.29, 1.82) is 0 Å². The van der Waals surface area contributed by atoms with Gasteiger partial charge in [-0.05, 0) is 49.9 Å². The van der Waals surface area contributed by atoms with Gasteiger partial charge in [-0.2, -0.15) is 0 Å². The van der Waals surface area contributed by atoms with Gasteiger partial charge in [-0.15, -0.1) is 0 Å². The molecule has 1 aromatic carbocycles. The number of carbonyl (C=O) groups is 1. The van der Waals surface area contributed by atoms with E-state index in [1.165, 1.54) is 32.2 Å². The fraction of sp³-hybridized carbons (Fsp3) is 0.524. The molecule has 0 radical (unpaired) electrons. The molecule has 1 aliphatic rings. The molecule has 1 N–H and O–H groups in total. The molecule has 2 heterocycles. The van der Waals surface area contributed by atoms with Gasteiger partial charge in [0.2, 0.25) is 0 Å². The Morgan fingerprint density at radius 3 is 2.85 bits per heavy atom. The second kappa shape index (κ2) is 9.53. The molecule has 1 atom stereocenters. The monoisotopic (exact) mass is 354 g/mol. The molecule has 1 aliphatic heterocycles. The summed E-state index contributed by atoms with van der Waals surface area (Å²) in [6, 6.07) is 8.56. The van der Waals surface area contributed by atoms with E-state index in [2.05, 4.69) is 22.1 Å². The Labute approximate surface area is 156 Å². The summed E-state index contributed by atoms with van der Waals surface area (Å²) < 4.78 is 2.01. The van der Waals surface area contributed by atoms with Crippen molar-refractivity contribution < 1.29 is 4.79 Å². The van der Waals surface area contributed by atoms with Gasteiger partial charge in [-0.25, -0.2) is 4.98 Å². The lowest BCUT2D eigenvalue weighted by atomic mass is 10.00. The first kappa shape index (κ1) is 18.6. The van der Waals surface area contributed by atoms with Crippen molar-refractivity contribution in [2.75, 3.05) is 19.6 Å². The number of hydrogen-bond acceptors (Lipinski definition) is 3. The summed E-state index contributed by atoms with van der Waals surface area (Å²) in [5.74, 6) is 0.0184. The number of likely N-dealkylation sites (tertiary alicyclic amines) is 1. The highest BCUT2D eigenvalue weighted by Gasteiger charge is 2.19. The second-order valence-corrected chi connectivity index (χ2v) is 7.14. The summed E-state index contributed by atoms with van der Waals surface area (Å²) in [5.41, 5.74) is 1.89. The van der Waals surface area contributed by atoms with Crippen molar-refractivity contribution in [1.82, 2.24) is 19.8 Å². The fourth-order valence-electron chi connectivity index (χ4n) is 3.76. The van der Waals surface area contributed by atoms with Gasteiger partial charge in [0.1, 0.15) is 0 Å². The summed E-state index contributed by atoms with van der Waals surface area (Å²) in [7, 11) is 0. The van der Waals surface area contributed by atoms with Crippen molar-refractivity contribution in [2.24, 2.45) is 0 Å². The molecule has 0 saturated carbocycles. The molecule has 1 saturated heterocycles. The zero-order valence-corrected chi connectivity index (χ0v) is 15.7. The predicted octanol–water partition coefficient (Wildman–Crippen LogP) is 3.32. The molecule has 0 aliphatic carbocycles. The van der Waals surface area contributed by atoms with Gasteiger partial charge in [0, 0.05) is 43.6 Å². The van der Waals surface area contributed by atoms with E-state index >= 15 is 0 Å². The van der Waals surface area contributed by atoms with Crippen LogP contribution in [0, 0.1) is 0 Å². The lowest BCUT2D eigenvalue weighted by molar-refractivity contribution is 0.0947. The molecule has 3 rings (SSSR count). The molecule has 0 spiro atoms. The molecule has 0 unspecified atom stereocenters. The van der Waals surface area contributed by atoms with Crippen LogP contribution >= 0.6 is 0 Å². The molecule has 1 fully saturated rings. The topological polar surface area (TPSA) is 50.2 Å². The third-order valence-electron chi connectivity index (χ3n) is 5.27. The van der Waals surface area contributed by atoms with Crippen LogP contribution in [-0.4, -0.2) is 46.0 Å². The maximum atomic E-state index is 12.3. The van der Waals surface area contributed by atoms with Crippen molar-refractivity contribution in [3.63, 3.8) is 0 Å². The van der Waals surface area contributed by atoms with Crippen molar-refractivity contribution in [3.05, 3.63) is 54.1 Å². The molecule has 1 amide bonds. The number of nitrogens with zero attached hydrogens (tertiary/aromatic N) is 3. The molecule has 5 heteroatoms. The summed E-state index contributed by atoms with van der Waals surface area (Å²) in [6.45, 7) is 6.09. The first-order valence-corrected chi connectivity index (χ1v) is 9.83. The molecule has 140 valence electrons. The lowest BCUT2D eigenvalue weighted by Crippen LogP contribution is -2.40. The van der Waals surface area contributed by atoms with Crippen LogP contribution in [0.5, 0.6) is 0 Å². The van der Waals surface area contributed by atoms with Crippen molar-refractivity contribution in [3.8, 4) is 0 Å². The van der Waals surface area contributed by atoms with Gasteiger partial charge < -0.3 is 14.8 Å². The molecule has 0 bridgehead atoms. The van der Waals surface area contributed by atoms with Crippen LogP contribution in [0.3, 0.4) is 0 Å². The molecule has 2 aromatic rings. The van der Waals surface area contributed by atoms with E-state index in [0.717, 1.165) is 43.2 Å². The quantitative estimate of drug-likeness (QED) is 0.740. The lowest BCUT2D eigenvalue weighted by Gasteiger charge is -2.35. The van der Waals surface area contributed by atoms with E-state index in [1.807, 2.05) is 35.0 Å².